The molecule has 0 amide bonds. The molecule has 5 rings (SSSR count). The van der Waals surface area contributed by atoms with Gasteiger partial charge in [0, 0.05) is 18.8 Å². The van der Waals surface area contributed by atoms with Crippen molar-refractivity contribution in [3.8, 4) is 11.1 Å². The van der Waals surface area contributed by atoms with Gasteiger partial charge in [-0.2, -0.15) is 0 Å². The molecule has 1 aliphatic heterocycles. The summed E-state index contributed by atoms with van der Waals surface area (Å²) < 4.78 is 0. The van der Waals surface area contributed by atoms with Crippen LogP contribution in [-0.4, -0.2) is 13.1 Å². The van der Waals surface area contributed by atoms with E-state index in [2.05, 4.69) is 60.4 Å². The molecule has 0 atom stereocenters. The van der Waals surface area contributed by atoms with Crippen molar-refractivity contribution in [2.75, 3.05) is 18.0 Å². The van der Waals surface area contributed by atoms with Crippen LogP contribution in [0.15, 0.2) is 48.5 Å². The summed E-state index contributed by atoms with van der Waals surface area (Å²) in [6.07, 6.45) is 2.31. The average Bonchev–Trinajstić information content (AvgIpc) is 3.32. The van der Waals surface area contributed by atoms with E-state index in [4.69, 9.17) is 0 Å². The zero-order valence-electron chi connectivity index (χ0n) is 16.9. The van der Waals surface area contributed by atoms with Crippen molar-refractivity contribution in [2.45, 2.75) is 54.9 Å². The highest BCUT2D eigenvalue weighted by Crippen LogP contribution is 2.46. The van der Waals surface area contributed by atoms with Crippen molar-refractivity contribution in [1.82, 2.24) is 0 Å². The minimum absolute atomic E-state index is 0. The molecule has 0 N–H and O–H groups in total. The van der Waals surface area contributed by atoms with Crippen LogP contribution in [0.25, 0.3) is 21.9 Å². The molecular weight excluding hydrogens is 326 g/mol. The molecular formula is C26H35N. The Kier molecular flexibility index (Phi) is 7.07. The zero-order valence-corrected chi connectivity index (χ0v) is 16.9. The van der Waals surface area contributed by atoms with E-state index in [1.807, 2.05) is 27.7 Å². The molecule has 144 valence electrons. The number of hydrogen-bond acceptors (Lipinski definition) is 1. The highest BCUT2D eigenvalue weighted by atomic mass is 15.1. The first-order valence-electron chi connectivity index (χ1n) is 10.3. The first-order valence-corrected chi connectivity index (χ1v) is 10.3. The molecule has 0 saturated carbocycles. The number of fused-ring (bicyclic) bond motifs is 7. The smallest absolute Gasteiger partial charge is 0.0402 e. The predicted octanol–water partition coefficient (Wildman–Crippen LogP) is 7.48. The van der Waals surface area contributed by atoms with Gasteiger partial charge in [-0.15, -0.1) is 0 Å². The summed E-state index contributed by atoms with van der Waals surface area (Å²) in [7, 11) is 0. The molecule has 0 aromatic heterocycles. The molecule has 0 unspecified atom stereocenters. The minimum Gasteiger partial charge on any atom is -0.371 e. The molecule has 0 spiro atoms. The highest BCUT2D eigenvalue weighted by molar-refractivity contribution is 6.01. The second kappa shape index (κ2) is 9.08. The maximum atomic E-state index is 2.51. The van der Waals surface area contributed by atoms with E-state index >= 15 is 0 Å². The predicted molar refractivity (Wildman–Crippen MR) is 123 cm³/mol. The van der Waals surface area contributed by atoms with Crippen molar-refractivity contribution < 1.29 is 0 Å². The van der Waals surface area contributed by atoms with Crippen molar-refractivity contribution in [3.05, 3.63) is 65.2 Å². The monoisotopic (exact) mass is 361 g/mol. The Morgan fingerprint density at radius 1 is 0.852 bits per heavy atom. The number of benzene rings is 3. The Morgan fingerprint density at radius 3 is 2.33 bits per heavy atom. The normalized spacial score (nSPS) is 12.7. The SMILES string of the molecule is C.CC.CC.CCN1CCc2c1ccc1c2Cc2ccc3ccccc3c2-1. The molecule has 0 fully saturated rings. The van der Waals surface area contributed by atoms with Crippen LogP contribution in [0.5, 0.6) is 0 Å². The Bertz CT molecular complexity index is 907. The van der Waals surface area contributed by atoms with Gasteiger partial charge in [-0.25, -0.2) is 0 Å². The van der Waals surface area contributed by atoms with Crippen molar-refractivity contribution in [2.24, 2.45) is 0 Å². The number of likely N-dealkylation sites (N-methyl/N-ethyl adjacent to an activating group) is 1. The van der Waals surface area contributed by atoms with Crippen LogP contribution in [0, 0.1) is 0 Å². The average molecular weight is 362 g/mol. The summed E-state index contributed by atoms with van der Waals surface area (Å²) in [5.74, 6) is 0. The van der Waals surface area contributed by atoms with Gasteiger partial charge in [0.15, 0.2) is 0 Å². The number of anilines is 1. The van der Waals surface area contributed by atoms with Crippen LogP contribution in [0.2, 0.25) is 0 Å². The molecule has 1 aliphatic carbocycles. The Balaban J connectivity index is 0.000000493. The Hall–Kier alpha value is -2.28. The Morgan fingerprint density at radius 2 is 1.59 bits per heavy atom. The third-order valence-electron chi connectivity index (χ3n) is 5.41. The topological polar surface area (TPSA) is 3.24 Å². The quantitative estimate of drug-likeness (QED) is 0.339. The second-order valence-corrected chi connectivity index (χ2v) is 6.42. The van der Waals surface area contributed by atoms with Crippen molar-refractivity contribution in [3.63, 3.8) is 0 Å². The summed E-state index contributed by atoms with van der Waals surface area (Å²) in [5, 5.41) is 2.76. The van der Waals surface area contributed by atoms with E-state index in [1.54, 1.807) is 11.1 Å². The first kappa shape index (κ1) is 21.0. The van der Waals surface area contributed by atoms with Crippen LogP contribution < -0.4 is 4.90 Å². The van der Waals surface area contributed by atoms with E-state index < -0.39 is 0 Å². The van der Waals surface area contributed by atoms with E-state index in [9.17, 15) is 0 Å². The van der Waals surface area contributed by atoms with E-state index in [0.29, 0.717) is 0 Å². The molecule has 0 saturated heterocycles. The van der Waals surface area contributed by atoms with Gasteiger partial charge < -0.3 is 4.90 Å². The molecule has 0 radical (unpaired) electrons. The lowest BCUT2D eigenvalue weighted by molar-refractivity contribution is 0.867. The lowest BCUT2D eigenvalue weighted by atomic mass is 9.96. The number of rotatable bonds is 1. The third kappa shape index (κ3) is 3.36. The second-order valence-electron chi connectivity index (χ2n) is 6.42. The molecule has 27 heavy (non-hydrogen) atoms. The number of hydrogen-bond donors (Lipinski definition) is 0. The van der Waals surface area contributed by atoms with Gasteiger partial charge in [0.1, 0.15) is 0 Å². The van der Waals surface area contributed by atoms with E-state index in [1.165, 1.54) is 46.1 Å². The third-order valence-corrected chi connectivity index (χ3v) is 5.41. The maximum Gasteiger partial charge on any atom is 0.0402 e. The van der Waals surface area contributed by atoms with Gasteiger partial charge >= 0.3 is 0 Å². The summed E-state index contributed by atoms with van der Waals surface area (Å²) in [5.41, 5.74) is 9.10. The van der Waals surface area contributed by atoms with Gasteiger partial charge in [0.05, 0.1) is 0 Å². The van der Waals surface area contributed by atoms with Crippen LogP contribution >= 0.6 is 0 Å². The van der Waals surface area contributed by atoms with E-state index in [-0.39, 0.29) is 7.43 Å². The van der Waals surface area contributed by atoms with Gasteiger partial charge in [-0.3, -0.25) is 0 Å². The van der Waals surface area contributed by atoms with Gasteiger partial charge in [-0.1, -0.05) is 77.6 Å². The molecule has 2 aliphatic rings. The molecule has 3 aromatic carbocycles. The molecule has 1 heteroatoms. The molecule has 3 aromatic rings. The van der Waals surface area contributed by atoms with Crippen molar-refractivity contribution in [1.29, 1.82) is 0 Å². The lowest BCUT2D eigenvalue weighted by Gasteiger charge is -2.17. The summed E-state index contributed by atoms with van der Waals surface area (Å²) in [6, 6.07) is 18.1. The van der Waals surface area contributed by atoms with Crippen LogP contribution in [-0.2, 0) is 12.8 Å². The van der Waals surface area contributed by atoms with Gasteiger partial charge in [0.2, 0.25) is 0 Å². The minimum atomic E-state index is 0. The summed E-state index contributed by atoms with van der Waals surface area (Å²) in [6.45, 7) is 12.5. The lowest BCUT2D eigenvalue weighted by Crippen LogP contribution is -2.18. The molecule has 1 heterocycles. The number of nitrogens with zero attached hydrogens (tertiary/aromatic N) is 1. The van der Waals surface area contributed by atoms with Gasteiger partial charge in [0.25, 0.3) is 0 Å². The largest absolute Gasteiger partial charge is 0.371 e. The fraction of sp³-hybridized carbons (Fsp3) is 0.385. The molecule has 1 nitrogen and oxygen atoms in total. The van der Waals surface area contributed by atoms with Crippen LogP contribution in [0.1, 0.15) is 58.7 Å². The fourth-order valence-electron chi connectivity index (χ4n) is 4.36. The standard InChI is InChI=1S/C21H19N.2C2H6.CH4/c1-2-22-12-11-17-19-13-15-8-7-14-5-3-4-6-16(14)21(15)18(19)9-10-20(17)22;2*1-2;/h3-10H,2,11-13H2,1H3;2*1-2H3;1H4. The maximum absolute atomic E-state index is 2.51. The summed E-state index contributed by atoms with van der Waals surface area (Å²) in [4.78, 5) is 2.51. The van der Waals surface area contributed by atoms with Crippen molar-refractivity contribution >= 4 is 16.5 Å². The van der Waals surface area contributed by atoms with Gasteiger partial charge in [-0.05, 0) is 64.4 Å². The first-order chi connectivity index (χ1) is 12.9. The highest BCUT2D eigenvalue weighted by Gasteiger charge is 2.28. The Labute approximate surface area is 166 Å². The van der Waals surface area contributed by atoms with Crippen LogP contribution in [0.3, 0.4) is 0 Å². The molecule has 0 bridgehead atoms. The summed E-state index contributed by atoms with van der Waals surface area (Å²) >= 11 is 0. The fourth-order valence-corrected chi connectivity index (χ4v) is 4.36. The van der Waals surface area contributed by atoms with E-state index in [0.717, 1.165) is 13.0 Å². The zero-order chi connectivity index (χ0) is 18.7. The van der Waals surface area contributed by atoms with Crippen LogP contribution in [0.4, 0.5) is 5.69 Å².